The first kappa shape index (κ1) is 21.0. The standard InChI is InChI=1S/C34H28N2/c1-2-3-11-24-20-22-25(23-21-24)35-31-17-9-6-14-28(31)34-32(35)18-10-19-33(34)36-29-15-7-4-12-26(29)27-13-5-8-16-30(27)36/h4-10,12-23H,2-3,11H2,1H3. The summed E-state index contributed by atoms with van der Waals surface area (Å²) in [6, 6.07) is 42.2. The molecule has 7 rings (SSSR count). The lowest BCUT2D eigenvalue weighted by atomic mass is 10.1. The van der Waals surface area contributed by atoms with Gasteiger partial charge in [0.15, 0.2) is 0 Å². The molecule has 0 saturated heterocycles. The van der Waals surface area contributed by atoms with E-state index in [1.54, 1.807) is 0 Å². The average molecular weight is 465 g/mol. The van der Waals surface area contributed by atoms with Crippen molar-refractivity contribution in [2.24, 2.45) is 0 Å². The molecule has 2 heterocycles. The highest BCUT2D eigenvalue weighted by Crippen LogP contribution is 2.39. The molecule has 36 heavy (non-hydrogen) atoms. The minimum atomic E-state index is 1.14. The summed E-state index contributed by atoms with van der Waals surface area (Å²) in [5, 5.41) is 5.14. The maximum atomic E-state index is 2.44. The van der Waals surface area contributed by atoms with E-state index in [9.17, 15) is 0 Å². The Kier molecular flexibility index (Phi) is 4.92. The van der Waals surface area contributed by atoms with Gasteiger partial charge in [-0.1, -0.05) is 86.1 Å². The molecule has 0 aliphatic heterocycles. The van der Waals surface area contributed by atoms with Gasteiger partial charge in [-0.2, -0.15) is 0 Å². The largest absolute Gasteiger partial charge is 0.309 e. The highest BCUT2D eigenvalue weighted by Gasteiger charge is 2.18. The second-order valence-corrected chi connectivity index (χ2v) is 9.66. The fourth-order valence-electron chi connectivity index (χ4n) is 5.84. The van der Waals surface area contributed by atoms with Gasteiger partial charge in [0.2, 0.25) is 0 Å². The van der Waals surface area contributed by atoms with E-state index < -0.39 is 0 Å². The Morgan fingerprint density at radius 3 is 1.69 bits per heavy atom. The van der Waals surface area contributed by atoms with Crippen LogP contribution in [0.4, 0.5) is 0 Å². The van der Waals surface area contributed by atoms with Crippen LogP contribution in [0.1, 0.15) is 25.3 Å². The molecule has 0 radical (unpaired) electrons. The monoisotopic (exact) mass is 464 g/mol. The molecule has 0 fully saturated rings. The van der Waals surface area contributed by atoms with Crippen molar-refractivity contribution in [3.8, 4) is 11.4 Å². The molecule has 174 valence electrons. The van der Waals surface area contributed by atoms with Crippen molar-refractivity contribution in [3.63, 3.8) is 0 Å². The van der Waals surface area contributed by atoms with Crippen LogP contribution in [0.5, 0.6) is 0 Å². The Labute approximate surface area is 211 Å². The van der Waals surface area contributed by atoms with Gasteiger partial charge in [-0.15, -0.1) is 0 Å². The second kappa shape index (κ2) is 8.42. The van der Waals surface area contributed by atoms with Crippen LogP contribution in [0.15, 0.2) is 115 Å². The van der Waals surface area contributed by atoms with Gasteiger partial charge in [0, 0.05) is 27.2 Å². The number of nitrogens with zero attached hydrogens (tertiary/aromatic N) is 2. The van der Waals surface area contributed by atoms with Crippen LogP contribution < -0.4 is 0 Å². The predicted molar refractivity (Wildman–Crippen MR) is 154 cm³/mol. The molecule has 0 amide bonds. The molecule has 0 aliphatic rings. The van der Waals surface area contributed by atoms with Gasteiger partial charge in [-0.25, -0.2) is 0 Å². The summed E-state index contributed by atoms with van der Waals surface area (Å²) in [6.07, 6.45) is 3.60. The molecule has 0 spiro atoms. The fraction of sp³-hybridized carbons (Fsp3) is 0.118. The number of fused-ring (bicyclic) bond motifs is 6. The summed E-state index contributed by atoms with van der Waals surface area (Å²) in [6.45, 7) is 2.25. The molecule has 0 atom stereocenters. The maximum Gasteiger partial charge on any atom is 0.0562 e. The van der Waals surface area contributed by atoms with E-state index in [1.165, 1.54) is 73.4 Å². The summed E-state index contributed by atoms with van der Waals surface area (Å²) in [7, 11) is 0. The van der Waals surface area contributed by atoms with Gasteiger partial charge in [0.05, 0.1) is 27.8 Å². The average Bonchev–Trinajstić information content (AvgIpc) is 3.45. The zero-order chi connectivity index (χ0) is 24.1. The lowest BCUT2D eigenvalue weighted by molar-refractivity contribution is 0.795. The van der Waals surface area contributed by atoms with Crippen LogP contribution in [0.25, 0.3) is 55.0 Å². The Bertz CT molecular complexity index is 1810. The first-order valence-electron chi connectivity index (χ1n) is 12.9. The number of rotatable bonds is 5. The molecule has 2 heteroatoms. The normalized spacial score (nSPS) is 11.8. The molecule has 0 bridgehead atoms. The Morgan fingerprint density at radius 2 is 1.06 bits per heavy atom. The highest BCUT2D eigenvalue weighted by atomic mass is 15.0. The van der Waals surface area contributed by atoms with E-state index in [4.69, 9.17) is 0 Å². The fourth-order valence-corrected chi connectivity index (χ4v) is 5.84. The van der Waals surface area contributed by atoms with Crippen LogP contribution in [0.2, 0.25) is 0 Å². The molecule has 0 saturated carbocycles. The second-order valence-electron chi connectivity index (χ2n) is 9.66. The van der Waals surface area contributed by atoms with Gasteiger partial charge >= 0.3 is 0 Å². The van der Waals surface area contributed by atoms with Crippen molar-refractivity contribution in [2.45, 2.75) is 26.2 Å². The third kappa shape index (κ3) is 3.11. The number of aromatic nitrogens is 2. The van der Waals surface area contributed by atoms with Gasteiger partial charge in [0.1, 0.15) is 0 Å². The molecule has 2 nitrogen and oxygen atoms in total. The third-order valence-electron chi connectivity index (χ3n) is 7.51. The van der Waals surface area contributed by atoms with Crippen LogP contribution in [0, 0.1) is 0 Å². The first-order chi connectivity index (χ1) is 17.8. The molecular formula is C34H28N2. The van der Waals surface area contributed by atoms with Crippen LogP contribution in [-0.2, 0) is 6.42 Å². The Hall–Kier alpha value is -4.30. The minimum Gasteiger partial charge on any atom is -0.309 e. The molecule has 2 aromatic heterocycles. The predicted octanol–water partition coefficient (Wildman–Crippen LogP) is 9.22. The van der Waals surface area contributed by atoms with Gasteiger partial charge in [-0.3, -0.25) is 0 Å². The van der Waals surface area contributed by atoms with Crippen molar-refractivity contribution in [1.29, 1.82) is 0 Å². The van der Waals surface area contributed by atoms with Crippen molar-refractivity contribution in [3.05, 3.63) is 121 Å². The van der Waals surface area contributed by atoms with Gasteiger partial charge in [0.25, 0.3) is 0 Å². The van der Waals surface area contributed by atoms with E-state index in [0.717, 1.165) is 6.42 Å². The number of benzene rings is 5. The Balaban J connectivity index is 1.55. The van der Waals surface area contributed by atoms with Crippen LogP contribution in [-0.4, -0.2) is 9.13 Å². The minimum absolute atomic E-state index is 1.14. The first-order valence-corrected chi connectivity index (χ1v) is 12.9. The number of hydrogen-bond donors (Lipinski definition) is 0. The molecule has 0 N–H and O–H groups in total. The number of unbranched alkanes of at least 4 members (excludes halogenated alkanes) is 1. The lowest BCUT2D eigenvalue weighted by Gasteiger charge is -2.12. The summed E-state index contributed by atoms with van der Waals surface area (Å²) >= 11 is 0. The molecule has 7 aromatic rings. The molecular weight excluding hydrogens is 436 g/mol. The van der Waals surface area contributed by atoms with E-state index in [0.29, 0.717) is 0 Å². The third-order valence-corrected chi connectivity index (χ3v) is 7.51. The quantitative estimate of drug-likeness (QED) is 0.240. The number of aryl methyl sites for hydroxylation is 1. The van der Waals surface area contributed by atoms with Gasteiger partial charge in [-0.05, 0) is 60.9 Å². The molecule has 0 unspecified atom stereocenters. The van der Waals surface area contributed by atoms with Crippen molar-refractivity contribution in [2.75, 3.05) is 0 Å². The highest BCUT2D eigenvalue weighted by molar-refractivity contribution is 6.16. The van der Waals surface area contributed by atoms with E-state index >= 15 is 0 Å². The van der Waals surface area contributed by atoms with Crippen LogP contribution >= 0.6 is 0 Å². The number of para-hydroxylation sites is 3. The van der Waals surface area contributed by atoms with Crippen molar-refractivity contribution in [1.82, 2.24) is 9.13 Å². The summed E-state index contributed by atoms with van der Waals surface area (Å²) < 4.78 is 4.86. The zero-order valence-corrected chi connectivity index (χ0v) is 20.5. The topological polar surface area (TPSA) is 9.86 Å². The zero-order valence-electron chi connectivity index (χ0n) is 20.5. The van der Waals surface area contributed by atoms with Crippen molar-refractivity contribution < 1.29 is 0 Å². The smallest absolute Gasteiger partial charge is 0.0562 e. The van der Waals surface area contributed by atoms with E-state index in [1.807, 2.05) is 0 Å². The van der Waals surface area contributed by atoms with Crippen LogP contribution in [0.3, 0.4) is 0 Å². The van der Waals surface area contributed by atoms with Crippen molar-refractivity contribution >= 4 is 43.6 Å². The number of hydrogen-bond acceptors (Lipinski definition) is 0. The Morgan fingerprint density at radius 1 is 0.500 bits per heavy atom. The SMILES string of the molecule is CCCCc1ccc(-n2c3ccccc3c3c(-n4c5ccccc5c5ccccc54)cccc32)cc1. The molecule has 5 aromatic carbocycles. The summed E-state index contributed by atoms with van der Waals surface area (Å²) in [4.78, 5) is 0. The van der Waals surface area contributed by atoms with E-state index in [-0.39, 0.29) is 0 Å². The molecule has 0 aliphatic carbocycles. The maximum absolute atomic E-state index is 2.44. The lowest BCUT2D eigenvalue weighted by Crippen LogP contribution is -1.97. The van der Waals surface area contributed by atoms with E-state index in [2.05, 4.69) is 131 Å². The summed E-state index contributed by atoms with van der Waals surface area (Å²) in [5.74, 6) is 0. The van der Waals surface area contributed by atoms with Gasteiger partial charge < -0.3 is 9.13 Å². The summed E-state index contributed by atoms with van der Waals surface area (Å²) in [5.41, 5.74) is 8.79.